The summed E-state index contributed by atoms with van der Waals surface area (Å²) in [5.74, 6) is -0.541. The van der Waals surface area contributed by atoms with Crippen LogP contribution < -0.4 is 5.73 Å². The van der Waals surface area contributed by atoms with Gasteiger partial charge in [-0.2, -0.15) is 10.2 Å². The van der Waals surface area contributed by atoms with Crippen LogP contribution in [0.3, 0.4) is 0 Å². The zero-order chi connectivity index (χ0) is 15.7. The van der Waals surface area contributed by atoms with Crippen LogP contribution in [0.1, 0.15) is 46.3 Å². The van der Waals surface area contributed by atoms with Crippen molar-refractivity contribution in [2.75, 3.05) is 13.1 Å². The Balaban J connectivity index is 1.74. The molecule has 116 valence electrons. The van der Waals surface area contributed by atoms with Crippen LogP contribution in [0.15, 0.2) is 18.5 Å². The maximum atomic E-state index is 12.3. The normalized spacial score (nSPS) is 17.4. The van der Waals surface area contributed by atoms with E-state index >= 15 is 0 Å². The maximum absolute atomic E-state index is 12.3. The molecule has 1 saturated heterocycles. The molecular formula is C14H18N6O2. The maximum Gasteiger partial charge on any atom is 0.271 e. The van der Waals surface area contributed by atoms with Gasteiger partial charge in [-0.3, -0.25) is 19.8 Å². The molecule has 0 radical (unpaired) electrons. The number of hydrogen-bond donors (Lipinski definition) is 3. The smallest absolute Gasteiger partial charge is 0.271 e. The molecule has 2 amide bonds. The second-order valence-electron chi connectivity index (χ2n) is 5.85. The summed E-state index contributed by atoms with van der Waals surface area (Å²) in [4.78, 5) is 25.6. The predicted octanol–water partition coefficient (Wildman–Crippen LogP) is 0.426. The van der Waals surface area contributed by atoms with E-state index in [2.05, 4.69) is 27.3 Å². The monoisotopic (exact) mass is 302 g/mol. The van der Waals surface area contributed by atoms with Crippen molar-refractivity contribution in [2.45, 2.75) is 25.2 Å². The second kappa shape index (κ2) is 5.28. The fourth-order valence-electron chi connectivity index (χ4n) is 2.93. The molecule has 0 spiro atoms. The quantitative estimate of drug-likeness (QED) is 0.761. The third kappa shape index (κ3) is 2.36. The van der Waals surface area contributed by atoms with Crippen LogP contribution in [0.5, 0.6) is 0 Å². The van der Waals surface area contributed by atoms with Gasteiger partial charge in [0.1, 0.15) is 5.69 Å². The predicted molar refractivity (Wildman–Crippen MR) is 78.2 cm³/mol. The number of rotatable bonds is 3. The van der Waals surface area contributed by atoms with Crippen molar-refractivity contribution in [2.24, 2.45) is 5.73 Å². The summed E-state index contributed by atoms with van der Waals surface area (Å²) < 4.78 is 0. The number of primary amides is 1. The fraction of sp³-hybridized carbons (Fsp3) is 0.429. The first-order valence-corrected chi connectivity index (χ1v) is 7.13. The van der Waals surface area contributed by atoms with Gasteiger partial charge in [0.25, 0.3) is 11.8 Å². The minimum Gasteiger partial charge on any atom is -0.365 e. The third-order valence-corrected chi connectivity index (χ3v) is 4.39. The number of carbonyl (C=O) groups is 2. The zero-order valence-corrected chi connectivity index (χ0v) is 12.3. The van der Waals surface area contributed by atoms with Crippen molar-refractivity contribution in [3.05, 3.63) is 35.4 Å². The molecule has 0 saturated carbocycles. The summed E-state index contributed by atoms with van der Waals surface area (Å²) in [5.41, 5.74) is 6.82. The Bertz CT molecular complexity index is 682. The molecule has 0 atom stereocenters. The Morgan fingerprint density at radius 1 is 1.27 bits per heavy atom. The van der Waals surface area contributed by atoms with Gasteiger partial charge in [0.15, 0.2) is 0 Å². The number of aromatic amines is 2. The van der Waals surface area contributed by atoms with Gasteiger partial charge < -0.3 is 10.6 Å². The van der Waals surface area contributed by atoms with Gasteiger partial charge in [-0.15, -0.1) is 0 Å². The molecule has 8 nitrogen and oxygen atoms in total. The number of piperidine rings is 1. The highest BCUT2D eigenvalue weighted by atomic mass is 16.2. The Hall–Kier alpha value is -2.64. The van der Waals surface area contributed by atoms with Crippen molar-refractivity contribution in [1.29, 1.82) is 0 Å². The van der Waals surface area contributed by atoms with E-state index < -0.39 is 5.91 Å². The van der Waals surface area contributed by atoms with Gasteiger partial charge in [-0.1, -0.05) is 6.92 Å². The zero-order valence-electron chi connectivity index (χ0n) is 12.3. The molecule has 0 aliphatic carbocycles. The molecule has 1 aliphatic rings. The van der Waals surface area contributed by atoms with Crippen molar-refractivity contribution in [1.82, 2.24) is 25.3 Å². The Morgan fingerprint density at radius 3 is 2.59 bits per heavy atom. The molecule has 3 rings (SSSR count). The van der Waals surface area contributed by atoms with E-state index in [9.17, 15) is 9.59 Å². The van der Waals surface area contributed by atoms with Gasteiger partial charge >= 0.3 is 0 Å². The minimum absolute atomic E-state index is 0.0562. The highest BCUT2D eigenvalue weighted by molar-refractivity contribution is 5.94. The molecule has 2 aromatic rings. The molecule has 1 aliphatic heterocycles. The lowest BCUT2D eigenvalue weighted by Crippen LogP contribution is -2.44. The van der Waals surface area contributed by atoms with E-state index in [1.54, 1.807) is 17.2 Å². The van der Waals surface area contributed by atoms with Gasteiger partial charge in [0, 0.05) is 24.7 Å². The average Bonchev–Trinajstić information content (AvgIpc) is 3.19. The summed E-state index contributed by atoms with van der Waals surface area (Å²) in [6.45, 7) is 3.27. The lowest BCUT2D eigenvalue weighted by molar-refractivity contribution is 0.0666. The van der Waals surface area contributed by atoms with Gasteiger partial charge in [-0.05, 0) is 18.9 Å². The number of aromatic nitrogens is 4. The number of nitrogens with one attached hydrogen (secondary N) is 2. The van der Waals surface area contributed by atoms with Gasteiger partial charge in [-0.25, -0.2) is 0 Å². The van der Waals surface area contributed by atoms with Crippen molar-refractivity contribution < 1.29 is 9.59 Å². The number of likely N-dealkylation sites (tertiary alicyclic amines) is 1. The van der Waals surface area contributed by atoms with Crippen molar-refractivity contribution in [3.63, 3.8) is 0 Å². The summed E-state index contributed by atoms with van der Waals surface area (Å²) in [5, 5.41) is 13.3. The summed E-state index contributed by atoms with van der Waals surface area (Å²) in [6, 6.07) is 1.66. The van der Waals surface area contributed by atoms with Gasteiger partial charge in [0.05, 0.1) is 17.5 Å². The standard InChI is InChI=1S/C14H18N6O2/c1-14(11-9(12(15)21)8-17-19-11)3-6-20(7-4-14)13(22)10-2-5-16-18-10/h2,5,8H,3-4,6-7H2,1H3,(H2,15,21)(H,16,18)(H,17,19). The molecule has 0 bridgehead atoms. The number of carbonyl (C=O) groups excluding carboxylic acids is 2. The first-order chi connectivity index (χ1) is 10.5. The summed E-state index contributed by atoms with van der Waals surface area (Å²) >= 11 is 0. The number of amides is 2. The fourth-order valence-corrected chi connectivity index (χ4v) is 2.93. The lowest BCUT2D eigenvalue weighted by Gasteiger charge is -2.39. The Kier molecular flexibility index (Phi) is 3.44. The molecule has 3 heterocycles. The SMILES string of the molecule is CC1(c2[nH]ncc2C(N)=O)CCN(C(=O)c2ccn[nH]2)CC1. The second-order valence-corrected chi connectivity index (χ2v) is 5.85. The van der Waals surface area contributed by atoms with E-state index in [0.717, 1.165) is 18.5 Å². The molecule has 2 aromatic heterocycles. The van der Waals surface area contributed by atoms with E-state index in [1.807, 2.05) is 0 Å². The van der Waals surface area contributed by atoms with Crippen LogP contribution in [-0.2, 0) is 5.41 Å². The van der Waals surface area contributed by atoms with Crippen LogP contribution >= 0.6 is 0 Å². The molecule has 8 heteroatoms. The van der Waals surface area contributed by atoms with Crippen LogP contribution in [0.2, 0.25) is 0 Å². The Labute approximate surface area is 127 Å². The third-order valence-electron chi connectivity index (χ3n) is 4.39. The molecule has 22 heavy (non-hydrogen) atoms. The number of nitrogens with two attached hydrogens (primary N) is 1. The largest absolute Gasteiger partial charge is 0.365 e. The first-order valence-electron chi connectivity index (χ1n) is 7.13. The molecule has 0 aromatic carbocycles. The first kappa shape index (κ1) is 14.3. The number of nitrogens with zero attached hydrogens (tertiary/aromatic N) is 3. The summed E-state index contributed by atoms with van der Waals surface area (Å²) in [7, 11) is 0. The van der Waals surface area contributed by atoms with Crippen LogP contribution in [0.4, 0.5) is 0 Å². The lowest BCUT2D eigenvalue weighted by atomic mass is 9.76. The van der Waals surface area contributed by atoms with Crippen molar-refractivity contribution in [3.8, 4) is 0 Å². The van der Waals surface area contributed by atoms with E-state index in [0.29, 0.717) is 24.3 Å². The van der Waals surface area contributed by atoms with Gasteiger partial charge in [0.2, 0.25) is 0 Å². The molecule has 0 unspecified atom stereocenters. The Morgan fingerprint density at radius 2 is 2.00 bits per heavy atom. The van der Waals surface area contributed by atoms with Crippen LogP contribution in [-0.4, -0.2) is 50.2 Å². The molecular weight excluding hydrogens is 284 g/mol. The summed E-state index contributed by atoms with van der Waals surface area (Å²) in [6.07, 6.45) is 4.49. The molecule has 4 N–H and O–H groups in total. The number of H-pyrrole nitrogens is 2. The number of hydrogen-bond acceptors (Lipinski definition) is 4. The van der Waals surface area contributed by atoms with E-state index in [4.69, 9.17) is 5.73 Å². The minimum atomic E-state index is -0.485. The van der Waals surface area contributed by atoms with Crippen molar-refractivity contribution >= 4 is 11.8 Å². The van der Waals surface area contributed by atoms with Crippen LogP contribution in [0.25, 0.3) is 0 Å². The highest BCUT2D eigenvalue weighted by Gasteiger charge is 2.37. The van der Waals surface area contributed by atoms with Crippen LogP contribution in [0, 0.1) is 0 Å². The molecule has 1 fully saturated rings. The topological polar surface area (TPSA) is 121 Å². The highest BCUT2D eigenvalue weighted by Crippen LogP contribution is 2.35. The van der Waals surface area contributed by atoms with E-state index in [1.165, 1.54) is 6.20 Å². The average molecular weight is 302 g/mol. The van der Waals surface area contributed by atoms with E-state index in [-0.39, 0.29) is 11.3 Å².